The number of hydrogen-bond acceptors (Lipinski definition) is 2. The number of carboxylic acid groups (broad SMARTS) is 1. The molecule has 0 aliphatic rings. The molecule has 0 amide bonds. The molecule has 1 aromatic carbocycles. The predicted molar refractivity (Wildman–Crippen MR) is 63.9 cm³/mol. The number of rotatable bonds is 3. The number of benzene rings is 1. The minimum Gasteiger partial charge on any atom is -0.488 e. The van der Waals surface area contributed by atoms with E-state index in [4.69, 9.17) is 9.84 Å². The van der Waals surface area contributed by atoms with Gasteiger partial charge in [0.15, 0.2) is 0 Å². The van der Waals surface area contributed by atoms with Crippen molar-refractivity contribution in [1.29, 1.82) is 0 Å². The summed E-state index contributed by atoms with van der Waals surface area (Å²) in [6.07, 6.45) is 1.52. The van der Waals surface area contributed by atoms with Gasteiger partial charge in [0, 0.05) is 0 Å². The lowest BCUT2D eigenvalue weighted by atomic mass is 10.1. The van der Waals surface area contributed by atoms with E-state index in [1.54, 1.807) is 12.1 Å². The summed E-state index contributed by atoms with van der Waals surface area (Å²) in [5.74, 6) is -0.426. The molecule has 0 aliphatic heterocycles. The second kappa shape index (κ2) is 4.39. The Labute approximate surface area is 95.4 Å². The van der Waals surface area contributed by atoms with Crippen LogP contribution in [0.3, 0.4) is 0 Å². The first-order valence-electron chi connectivity index (χ1n) is 5.02. The zero-order valence-corrected chi connectivity index (χ0v) is 9.78. The molecule has 0 heterocycles. The first kappa shape index (κ1) is 12.3. The van der Waals surface area contributed by atoms with Crippen LogP contribution in [-0.2, 0) is 0 Å². The molecule has 0 unspecified atom stereocenters. The molecule has 0 spiro atoms. The minimum absolute atomic E-state index is 0.205. The van der Waals surface area contributed by atoms with Crippen molar-refractivity contribution in [3.63, 3.8) is 0 Å². The molecule has 16 heavy (non-hydrogen) atoms. The maximum Gasteiger partial charge on any atom is 0.336 e. The molecule has 1 aromatic rings. The van der Waals surface area contributed by atoms with E-state index >= 15 is 0 Å². The van der Waals surface area contributed by atoms with E-state index in [0.717, 1.165) is 0 Å². The van der Waals surface area contributed by atoms with E-state index in [-0.39, 0.29) is 11.2 Å². The van der Waals surface area contributed by atoms with Crippen LogP contribution < -0.4 is 4.74 Å². The van der Waals surface area contributed by atoms with Crippen molar-refractivity contribution in [3.8, 4) is 5.75 Å². The normalized spacial score (nSPS) is 10.9. The van der Waals surface area contributed by atoms with Gasteiger partial charge >= 0.3 is 5.97 Å². The first-order valence-corrected chi connectivity index (χ1v) is 5.02. The van der Waals surface area contributed by atoms with Gasteiger partial charge in [-0.05, 0) is 38.5 Å². The van der Waals surface area contributed by atoms with Crippen molar-refractivity contribution >= 4 is 12.0 Å². The number of ether oxygens (including phenoxy) is 1. The van der Waals surface area contributed by atoms with Gasteiger partial charge in [0.25, 0.3) is 0 Å². The van der Waals surface area contributed by atoms with Gasteiger partial charge in [-0.2, -0.15) is 0 Å². The zero-order valence-electron chi connectivity index (χ0n) is 9.78. The lowest BCUT2D eigenvalue weighted by Crippen LogP contribution is -2.23. The average Bonchev–Trinajstić information content (AvgIpc) is 2.15. The summed E-state index contributed by atoms with van der Waals surface area (Å²) in [5, 5.41) is 9.02. The van der Waals surface area contributed by atoms with E-state index in [1.165, 1.54) is 12.1 Å². The van der Waals surface area contributed by atoms with Gasteiger partial charge in [0.2, 0.25) is 0 Å². The van der Waals surface area contributed by atoms with Crippen molar-refractivity contribution in [1.82, 2.24) is 0 Å². The highest BCUT2D eigenvalue weighted by Crippen LogP contribution is 2.22. The molecule has 1 rings (SSSR count). The van der Waals surface area contributed by atoms with E-state index in [1.807, 2.05) is 20.8 Å². The van der Waals surface area contributed by atoms with Crippen LogP contribution in [0.15, 0.2) is 24.8 Å². The van der Waals surface area contributed by atoms with Crippen LogP contribution in [0, 0.1) is 0 Å². The quantitative estimate of drug-likeness (QED) is 0.850. The predicted octanol–water partition coefficient (Wildman–Crippen LogP) is 3.21. The number of carboxylic acids is 1. The van der Waals surface area contributed by atoms with Gasteiger partial charge in [-0.3, -0.25) is 0 Å². The largest absolute Gasteiger partial charge is 0.488 e. The Morgan fingerprint density at radius 2 is 2.06 bits per heavy atom. The molecule has 0 radical (unpaired) electrons. The van der Waals surface area contributed by atoms with Gasteiger partial charge in [0.1, 0.15) is 11.4 Å². The Bertz CT molecular complexity index is 414. The highest BCUT2D eigenvalue weighted by atomic mass is 16.5. The molecule has 0 fully saturated rings. The van der Waals surface area contributed by atoms with Gasteiger partial charge in [-0.15, -0.1) is 0 Å². The topological polar surface area (TPSA) is 46.5 Å². The van der Waals surface area contributed by atoms with Crippen LogP contribution in [0.1, 0.15) is 36.7 Å². The minimum atomic E-state index is -0.978. The molecular weight excluding hydrogens is 204 g/mol. The van der Waals surface area contributed by atoms with Gasteiger partial charge < -0.3 is 9.84 Å². The number of carbonyl (C=O) groups is 1. The summed E-state index contributed by atoms with van der Waals surface area (Å²) < 4.78 is 5.59. The summed E-state index contributed by atoms with van der Waals surface area (Å²) in [7, 11) is 0. The van der Waals surface area contributed by atoms with E-state index < -0.39 is 5.97 Å². The monoisotopic (exact) mass is 220 g/mol. The van der Waals surface area contributed by atoms with Crippen molar-refractivity contribution in [2.45, 2.75) is 26.4 Å². The van der Waals surface area contributed by atoms with Crippen LogP contribution in [0.4, 0.5) is 0 Å². The molecule has 86 valence electrons. The fourth-order valence-electron chi connectivity index (χ4n) is 1.32. The summed E-state index contributed by atoms with van der Waals surface area (Å²) >= 11 is 0. The fourth-order valence-corrected chi connectivity index (χ4v) is 1.32. The molecule has 0 aliphatic carbocycles. The van der Waals surface area contributed by atoms with Gasteiger partial charge in [-0.25, -0.2) is 4.79 Å². The molecule has 0 bridgehead atoms. The van der Waals surface area contributed by atoms with Gasteiger partial charge in [0.05, 0.1) is 5.56 Å². The summed E-state index contributed by atoms with van der Waals surface area (Å²) in [4.78, 5) is 11.0. The second-order valence-corrected chi connectivity index (χ2v) is 4.47. The van der Waals surface area contributed by atoms with Crippen LogP contribution in [0.25, 0.3) is 6.08 Å². The molecule has 0 saturated carbocycles. The third-order valence-corrected chi connectivity index (χ3v) is 1.90. The van der Waals surface area contributed by atoms with E-state index in [2.05, 4.69) is 6.58 Å². The molecule has 3 heteroatoms. The van der Waals surface area contributed by atoms with Crippen molar-refractivity contribution in [3.05, 3.63) is 35.9 Å². The van der Waals surface area contributed by atoms with Crippen molar-refractivity contribution in [2.24, 2.45) is 0 Å². The SMILES string of the molecule is C=Cc1ccc(OC(C)(C)C)cc1C(=O)O. The zero-order chi connectivity index (χ0) is 12.3. The second-order valence-electron chi connectivity index (χ2n) is 4.47. The average molecular weight is 220 g/mol. The van der Waals surface area contributed by atoms with E-state index in [9.17, 15) is 4.79 Å². The Morgan fingerprint density at radius 1 is 1.44 bits per heavy atom. The van der Waals surface area contributed by atoms with Crippen molar-refractivity contribution in [2.75, 3.05) is 0 Å². The summed E-state index contributed by atoms with van der Waals surface area (Å²) in [6, 6.07) is 4.96. The number of aromatic carboxylic acids is 1. The Balaban J connectivity index is 3.12. The molecule has 1 N–H and O–H groups in total. The van der Waals surface area contributed by atoms with Gasteiger partial charge in [-0.1, -0.05) is 18.7 Å². The Morgan fingerprint density at radius 3 is 2.50 bits per heavy atom. The maximum atomic E-state index is 11.0. The molecule has 0 saturated heterocycles. The van der Waals surface area contributed by atoms with Crippen molar-refractivity contribution < 1.29 is 14.6 Å². The standard InChI is InChI=1S/C13H16O3/c1-5-9-6-7-10(16-13(2,3)4)8-11(9)12(14)15/h5-8H,1H2,2-4H3,(H,14,15). The molecule has 0 aromatic heterocycles. The lowest BCUT2D eigenvalue weighted by Gasteiger charge is -2.21. The molecular formula is C13H16O3. The van der Waals surface area contributed by atoms with Crippen LogP contribution >= 0.6 is 0 Å². The first-order chi connectivity index (χ1) is 7.33. The fraction of sp³-hybridized carbons (Fsp3) is 0.308. The lowest BCUT2D eigenvalue weighted by molar-refractivity contribution is 0.0694. The Kier molecular flexibility index (Phi) is 3.38. The summed E-state index contributed by atoms with van der Waals surface area (Å²) in [5.41, 5.74) is 0.455. The van der Waals surface area contributed by atoms with Crippen LogP contribution in [0.5, 0.6) is 5.75 Å². The van der Waals surface area contributed by atoms with E-state index in [0.29, 0.717) is 11.3 Å². The van der Waals surface area contributed by atoms with Crippen LogP contribution in [-0.4, -0.2) is 16.7 Å². The summed E-state index contributed by atoms with van der Waals surface area (Å²) in [6.45, 7) is 9.31. The third kappa shape index (κ3) is 3.12. The molecule has 0 atom stereocenters. The molecule has 3 nitrogen and oxygen atoms in total. The third-order valence-electron chi connectivity index (χ3n) is 1.90. The highest BCUT2D eigenvalue weighted by Gasteiger charge is 2.14. The van der Waals surface area contributed by atoms with Crippen LogP contribution in [0.2, 0.25) is 0 Å². The highest BCUT2D eigenvalue weighted by molar-refractivity contribution is 5.92. The smallest absolute Gasteiger partial charge is 0.336 e. The Hall–Kier alpha value is -1.77. The maximum absolute atomic E-state index is 11.0. The number of hydrogen-bond donors (Lipinski definition) is 1.